The highest BCUT2D eigenvalue weighted by Gasteiger charge is 2.27. The fourth-order valence-corrected chi connectivity index (χ4v) is 2.91. The Morgan fingerprint density at radius 2 is 1.55 bits per heavy atom. The van der Waals surface area contributed by atoms with Gasteiger partial charge in [-0.15, -0.1) is 0 Å². The number of H-pyrrole nitrogens is 1. The molecule has 3 N–H and O–H groups in total. The smallest absolute Gasteiger partial charge is 0.256 e. The van der Waals surface area contributed by atoms with Crippen LogP contribution in [0.25, 0.3) is 21.9 Å². The minimum Gasteiger partial charge on any atom is -0.323 e. The van der Waals surface area contributed by atoms with Gasteiger partial charge in [0.25, 0.3) is 5.56 Å². The molecular formula is C16H11N3O. The van der Waals surface area contributed by atoms with Gasteiger partial charge >= 0.3 is 0 Å². The summed E-state index contributed by atoms with van der Waals surface area (Å²) in [7, 11) is 0. The largest absolute Gasteiger partial charge is 0.323 e. The maximum atomic E-state index is 12.2. The molecule has 0 radical (unpaired) electrons. The van der Waals surface area contributed by atoms with Crippen molar-refractivity contribution in [2.45, 2.75) is 0 Å². The van der Waals surface area contributed by atoms with Gasteiger partial charge < -0.3 is 10.8 Å². The highest BCUT2D eigenvalue weighted by atomic mass is 16.1. The highest BCUT2D eigenvalue weighted by molar-refractivity contribution is 6.26. The lowest BCUT2D eigenvalue weighted by Crippen LogP contribution is -2.13. The molecular weight excluding hydrogens is 250 g/mol. The normalized spacial score (nSPS) is 14.5. The van der Waals surface area contributed by atoms with Gasteiger partial charge in [-0.25, -0.2) is 0 Å². The fraction of sp³-hybridized carbons (Fsp3) is 0. The molecule has 0 fully saturated rings. The molecule has 0 amide bonds. The van der Waals surface area contributed by atoms with Crippen LogP contribution in [0.4, 0.5) is 0 Å². The van der Waals surface area contributed by atoms with Crippen molar-refractivity contribution in [3.05, 3.63) is 70.1 Å². The van der Waals surface area contributed by atoms with Crippen LogP contribution in [0.15, 0.2) is 58.4 Å². The molecule has 0 spiro atoms. The number of rotatable bonds is 0. The fourth-order valence-electron chi connectivity index (χ4n) is 2.91. The summed E-state index contributed by atoms with van der Waals surface area (Å²) in [6, 6.07) is 15.5. The van der Waals surface area contributed by atoms with Crippen molar-refractivity contribution in [1.29, 1.82) is 0 Å². The Kier molecular flexibility index (Phi) is 2.09. The predicted octanol–water partition coefficient (Wildman–Crippen LogP) is 2.22. The van der Waals surface area contributed by atoms with Crippen LogP contribution >= 0.6 is 0 Å². The lowest BCUT2D eigenvalue weighted by molar-refractivity contribution is 1.21. The molecule has 0 aliphatic heterocycles. The second kappa shape index (κ2) is 3.81. The standard InChI is InChI=1S/C16H11N3O/c17-19-14-11-7-3-1-5-9(11)13-10-6-2-4-8-12(10)16(20)18-15(13)14/h1-8H,17H2,(H,18,20)/b19-14+. The van der Waals surface area contributed by atoms with Gasteiger partial charge in [0.2, 0.25) is 0 Å². The number of hydrogen-bond donors (Lipinski definition) is 2. The first kappa shape index (κ1) is 11.0. The Morgan fingerprint density at radius 1 is 0.900 bits per heavy atom. The number of nitrogens with two attached hydrogens (primary N) is 1. The van der Waals surface area contributed by atoms with Crippen molar-refractivity contribution >= 4 is 16.5 Å². The quantitative estimate of drug-likeness (QED) is 0.376. The topological polar surface area (TPSA) is 71.2 Å². The number of hydrazone groups is 1. The van der Waals surface area contributed by atoms with Gasteiger partial charge in [-0.2, -0.15) is 5.10 Å². The molecule has 4 nitrogen and oxygen atoms in total. The third-order valence-electron chi connectivity index (χ3n) is 3.75. The average Bonchev–Trinajstić information content (AvgIpc) is 2.81. The van der Waals surface area contributed by atoms with Crippen molar-refractivity contribution in [3.8, 4) is 11.1 Å². The average molecular weight is 261 g/mol. The van der Waals surface area contributed by atoms with Crippen LogP contribution in [0.1, 0.15) is 11.3 Å². The third kappa shape index (κ3) is 1.25. The summed E-state index contributed by atoms with van der Waals surface area (Å²) in [6.07, 6.45) is 0. The molecule has 20 heavy (non-hydrogen) atoms. The highest BCUT2D eigenvalue weighted by Crippen LogP contribution is 2.39. The van der Waals surface area contributed by atoms with E-state index in [1.54, 1.807) is 0 Å². The zero-order chi connectivity index (χ0) is 13.7. The number of nitrogens with one attached hydrogen (secondary N) is 1. The third-order valence-corrected chi connectivity index (χ3v) is 3.75. The number of pyridine rings is 1. The molecule has 3 aromatic rings. The van der Waals surface area contributed by atoms with E-state index in [-0.39, 0.29) is 5.56 Å². The van der Waals surface area contributed by atoms with E-state index in [0.29, 0.717) is 16.8 Å². The first-order chi connectivity index (χ1) is 9.81. The van der Waals surface area contributed by atoms with Crippen LogP contribution in [0, 0.1) is 0 Å². The van der Waals surface area contributed by atoms with Crippen molar-refractivity contribution in [2.75, 3.05) is 0 Å². The monoisotopic (exact) mass is 261 g/mol. The van der Waals surface area contributed by atoms with E-state index in [1.807, 2.05) is 48.5 Å². The van der Waals surface area contributed by atoms with E-state index >= 15 is 0 Å². The number of nitrogens with zero attached hydrogens (tertiary/aromatic N) is 1. The zero-order valence-electron chi connectivity index (χ0n) is 10.6. The molecule has 0 saturated heterocycles. The molecule has 0 saturated carbocycles. The Labute approximate surface area is 114 Å². The summed E-state index contributed by atoms with van der Waals surface area (Å²) >= 11 is 0. The van der Waals surface area contributed by atoms with E-state index < -0.39 is 0 Å². The molecule has 2 aromatic carbocycles. The molecule has 0 bridgehead atoms. The minimum absolute atomic E-state index is 0.117. The molecule has 1 aliphatic carbocycles. The maximum Gasteiger partial charge on any atom is 0.256 e. The van der Waals surface area contributed by atoms with Crippen LogP contribution < -0.4 is 11.4 Å². The van der Waals surface area contributed by atoms with Gasteiger partial charge in [0.15, 0.2) is 0 Å². The van der Waals surface area contributed by atoms with Gasteiger partial charge in [-0.05, 0) is 17.0 Å². The van der Waals surface area contributed by atoms with Gasteiger partial charge in [0.05, 0.1) is 5.69 Å². The summed E-state index contributed by atoms with van der Waals surface area (Å²) < 4.78 is 0. The SMILES string of the molecule is N/N=C1\c2ccccc2-c2c1[nH]c(=O)c1ccccc21. The van der Waals surface area contributed by atoms with E-state index in [9.17, 15) is 4.79 Å². The zero-order valence-corrected chi connectivity index (χ0v) is 10.6. The van der Waals surface area contributed by atoms with Gasteiger partial charge in [-0.3, -0.25) is 4.79 Å². The summed E-state index contributed by atoms with van der Waals surface area (Å²) in [4.78, 5) is 15.1. The summed E-state index contributed by atoms with van der Waals surface area (Å²) in [5, 5.41) is 5.47. The molecule has 4 rings (SSSR count). The first-order valence-electron chi connectivity index (χ1n) is 6.34. The summed E-state index contributed by atoms with van der Waals surface area (Å²) in [5.41, 5.74) is 4.24. The second-order valence-electron chi connectivity index (χ2n) is 4.77. The summed E-state index contributed by atoms with van der Waals surface area (Å²) in [6.45, 7) is 0. The van der Waals surface area contributed by atoms with Gasteiger partial charge in [0, 0.05) is 16.5 Å². The van der Waals surface area contributed by atoms with E-state index in [2.05, 4.69) is 10.1 Å². The maximum absolute atomic E-state index is 12.2. The van der Waals surface area contributed by atoms with Crippen molar-refractivity contribution in [2.24, 2.45) is 10.9 Å². The number of benzene rings is 2. The van der Waals surface area contributed by atoms with Crippen LogP contribution in [0.3, 0.4) is 0 Å². The number of aromatic nitrogens is 1. The number of aromatic amines is 1. The van der Waals surface area contributed by atoms with Crippen molar-refractivity contribution in [3.63, 3.8) is 0 Å². The molecule has 1 aliphatic rings. The van der Waals surface area contributed by atoms with E-state index in [0.717, 1.165) is 22.1 Å². The van der Waals surface area contributed by atoms with Crippen LogP contribution in [0.5, 0.6) is 0 Å². The number of hydrogen-bond acceptors (Lipinski definition) is 3. The molecule has 1 aromatic heterocycles. The Balaban J connectivity index is 2.28. The van der Waals surface area contributed by atoms with Crippen LogP contribution in [-0.4, -0.2) is 10.7 Å². The van der Waals surface area contributed by atoms with Gasteiger partial charge in [0.1, 0.15) is 5.71 Å². The van der Waals surface area contributed by atoms with Gasteiger partial charge in [-0.1, -0.05) is 42.5 Å². The van der Waals surface area contributed by atoms with Crippen molar-refractivity contribution < 1.29 is 0 Å². The summed E-state index contributed by atoms with van der Waals surface area (Å²) in [5.74, 6) is 5.52. The molecule has 1 heterocycles. The Hall–Kier alpha value is -2.88. The Morgan fingerprint density at radius 3 is 2.30 bits per heavy atom. The Bertz CT molecular complexity index is 938. The molecule has 0 unspecified atom stereocenters. The lowest BCUT2D eigenvalue weighted by atomic mass is 10.0. The van der Waals surface area contributed by atoms with Crippen LogP contribution in [-0.2, 0) is 0 Å². The molecule has 4 heteroatoms. The minimum atomic E-state index is -0.117. The lowest BCUT2D eigenvalue weighted by Gasteiger charge is -2.05. The second-order valence-corrected chi connectivity index (χ2v) is 4.77. The van der Waals surface area contributed by atoms with E-state index in [4.69, 9.17) is 5.84 Å². The van der Waals surface area contributed by atoms with Crippen molar-refractivity contribution in [1.82, 2.24) is 4.98 Å². The van der Waals surface area contributed by atoms with E-state index in [1.165, 1.54) is 0 Å². The molecule has 0 atom stereocenters. The molecule has 96 valence electrons. The first-order valence-corrected chi connectivity index (χ1v) is 6.34. The number of fused-ring (bicyclic) bond motifs is 5. The predicted molar refractivity (Wildman–Crippen MR) is 79.8 cm³/mol. The van der Waals surface area contributed by atoms with Crippen LogP contribution in [0.2, 0.25) is 0 Å².